The molecule has 9 aromatic rings. The molecule has 532 valence electrons. The van der Waals surface area contributed by atoms with E-state index in [0.717, 1.165) is 96.0 Å². The summed E-state index contributed by atoms with van der Waals surface area (Å²) in [4.78, 5) is 70.2. The van der Waals surface area contributed by atoms with E-state index in [-0.39, 0.29) is 104 Å². The van der Waals surface area contributed by atoms with Crippen LogP contribution in [0.3, 0.4) is 0 Å². The van der Waals surface area contributed by atoms with Crippen molar-refractivity contribution in [3.05, 3.63) is 230 Å². The van der Waals surface area contributed by atoms with E-state index in [9.17, 15) is 28.8 Å². The van der Waals surface area contributed by atoms with Crippen LogP contribution in [0.25, 0.3) is 50.9 Å². The summed E-state index contributed by atoms with van der Waals surface area (Å²) in [6, 6.07) is 51.1. The fourth-order valence-electron chi connectivity index (χ4n) is 12.0. The minimum Gasteiger partial charge on any atom is -0.870 e. The molecule has 0 saturated heterocycles. The molecule has 6 aromatic carbocycles. The number of hydrogen-bond donors (Lipinski definition) is 1. The third-order valence-electron chi connectivity index (χ3n) is 17.2. The largest absolute Gasteiger partial charge is 1.00 e. The number of benzene rings is 6. The van der Waals surface area contributed by atoms with E-state index in [2.05, 4.69) is 138 Å². The van der Waals surface area contributed by atoms with Crippen LogP contribution in [-0.2, 0) is 69.1 Å². The number of carbonyl (C=O) groups excluding carboxylic acids is 5. The smallest absolute Gasteiger partial charge is 0.870 e. The van der Waals surface area contributed by atoms with Crippen LogP contribution in [0, 0.1) is 17.8 Å². The molecular formula is C83H96Cl4LiN3O10. The minimum atomic E-state index is -0.887. The number of carboxylic acids is 1. The van der Waals surface area contributed by atoms with Gasteiger partial charge in [0.1, 0.15) is 0 Å². The SMILES string of the molecule is CC(CC(=O)O)CC(=O)c1c(/C=C/CCCCc2ccccc2)n(C)c2ccc(Cl)cc12.COC(=O)CC(C)CC(=O)Cl.COC(=O)CC(C)CC(=O)c1c(/C=C/CCCCc2ccccc2)n(C)c2ccc(Cl)cc12.Cn1c(/C=C/CCCCc2ccccc2)cc2cc(Cl)ccc21.[Li+].[OH-]. The van der Waals surface area contributed by atoms with Crippen LogP contribution in [0.2, 0.25) is 15.1 Å². The average molecular weight is 1440 g/mol. The molecule has 0 spiro atoms. The molecule has 0 fully saturated rings. The van der Waals surface area contributed by atoms with Crippen molar-refractivity contribution in [1.29, 1.82) is 0 Å². The molecule has 0 saturated carbocycles. The van der Waals surface area contributed by atoms with Crippen LogP contribution in [0.1, 0.15) is 172 Å². The first-order chi connectivity index (χ1) is 47.6. The number of allylic oxidation sites excluding steroid dienone is 3. The first-order valence-electron chi connectivity index (χ1n) is 34.1. The van der Waals surface area contributed by atoms with E-state index < -0.39 is 11.2 Å². The Labute approximate surface area is 628 Å². The predicted molar refractivity (Wildman–Crippen MR) is 411 cm³/mol. The number of ketones is 2. The van der Waals surface area contributed by atoms with Crippen LogP contribution in [0.5, 0.6) is 0 Å². The number of halogens is 4. The monoisotopic (exact) mass is 1440 g/mol. The van der Waals surface area contributed by atoms with Crippen molar-refractivity contribution in [2.45, 2.75) is 136 Å². The summed E-state index contributed by atoms with van der Waals surface area (Å²) in [6.45, 7) is 5.47. The van der Waals surface area contributed by atoms with E-state index in [0.29, 0.717) is 21.2 Å². The van der Waals surface area contributed by atoms with Gasteiger partial charge in [0.05, 0.1) is 36.7 Å². The van der Waals surface area contributed by atoms with E-state index in [1.807, 2.05) is 96.9 Å². The van der Waals surface area contributed by atoms with Gasteiger partial charge in [0.25, 0.3) is 0 Å². The summed E-state index contributed by atoms with van der Waals surface area (Å²) < 4.78 is 15.4. The first kappa shape index (κ1) is 85.7. The molecule has 0 aliphatic rings. The van der Waals surface area contributed by atoms with Crippen molar-refractivity contribution in [3.8, 4) is 0 Å². The molecule has 0 bridgehead atoms. The van der Waals surface area contributed by atoms with Gasteiger partial charge in [-0.2, -0.15) is 0 Å². The van der Waals surface area contributed by atoms with Gasteiger partial charge in [0.15, 0.2) is 11.6 Å². The molecule has 0 aliphatic heterocycles. The van der Waals surface area contributed by atoms with Crippen molar-refractivity contribution in [2.75, 3.05) is 14.2 Å². The summed E-state index contributed by atoms with van der Waals surface area (Å²) in [5.41, 5.74) is 11.5. The average Bonchev–Trinajstić information content (AvgIpc) is 1.63. The van der Waals surface area contributed by atoms with Gasteiger partial charge in [-0.3, -0.25) is 28.8 Å². The number of aliphatic carboxylic acids is 1. The van der Waals surface area contributed by atoms with Gasteiger partial charge < -0.3 is 33.8 Å². The van der Waals surface area contributed by atoms with Crippen molar-refractivity contribution in [3.63, 3.8) is 0 Å². The molecule has 2 N–H and O–H groups in total. The van der Waals surface area contributed by atoms with Gasteiger partial charge in [-0.25, -0.2) is 0 Å². The molecular weight excluding hydrogens is 1350 g/mol. The fraction of sp³-hybridized carbons (Fsp3) is 0.349. The predicted octanol–water partition coefficient (Wildman–Crippen LogP) is 18.4. The van der Waals surface area contributed by atoms with Crippen LogP contribution in [-0.4, -0.2) is 73.2 Å². The number of Topliss-reactive ketones (excluding diaryl/α,β-unsaturated/α-hetero) is 2. The zero-order valence-electron chi connectivity index (χ0n) is 59.9. The second kappa shape index (κ2) is 45.3. The Hall–Kier alpha value is -7.70. The summed E-state index contributed by atoms with van der Waals surface area (Å²) in [6.07, 6.45) is 27.1. The van der Waals surface area contributed by atoms with Crippen LogP contribution >= 0.6 is 46.4 Å². The quantitative estimate of drug-likeness (QED) is 0.0140. The van der Waals surface area contributed by atoms with Crippen LogP contribution < -0.4 is 18.9 Å². The third kappa shape index (κ3) is 28.6. The van der Waals surface area contributed by atoms with Gasteiger partial charge in [-0.15, -0.1) is 0 Å². The molecule has 18 heteroatoms. The number of nitrogens with zero attached hydrogens (tertiary/aromatic N) is 3. The number of rotatable bonds is 32. The number of ether oxygens (including phenoxy) is 2. The van der Waals surface area contributed by atoms with Gasteiger partial charge in [-0.05, 0) is 202 Å². The molecule has 0 aliphatic carbocycles. The molecule has 3 atom stereocenters. The zero-order valence-corrected chi connectivity index (χ0v) is 62.9. The maximum Gasteiger partial charge on any atom is 1.00 e. The van der Waals surface area contributed by atoms with Crippen molar-refractivity contribution < 1.29 is 67.7 Å². The molecule has 3 heterocycles. The summed E-state index contributed by atoms with van der Waals surface area (Å²) >= 11 is 23.7. The molecule has 3 aromatic heterocycles. The van der Waals surface area contributed by atoms with Crippen molar-refractivity contribution in [2.24, 2.45) is 38.9 Å². The number of carbonyl (C=O) groups is 6. The number of aryl methyl sites for hydroxylation is 6. The van der Waals surface area contributed by atoms with Crippen LogP contribution in [0.4, 0.5) is 0 Å². The molecule has 3 unspecified atom stereocenters. The Balaban J connectivity index is 0.000000299. The van der Waals surface area contributed by atoms with Crippen molar-refractivity contribution >= 4 is 132 Å². The number of unbranched alkanes of at least 4 members (excludes halogenated alkanes) is 6. The number of aromatic nitrogens is 3. The minimum absolute atomic E-state index is 0. The number of fused-ring (bicyclic) bond motifs is 3. The Bertz CT molecular complexity index is 4200. The van der Waals surface area contributed by atoms with E-state index in [1.54, 1.807) is 13.8 Å². The van der Waals surface area contributed by atoms with E-state index in [1.165, 1.54) is 66.8 Å². The Morgan fingerprint density at radius 1 is 0.446 bits per heavy atom. The van der Waals surface area contributed by atoms with Crippen molar-refractivity contribution in [1.82, 2.24) is 13.7 Å². The summed E-state index contributed by atoms with van der Waals surface area (Å²) in [5.74, 6) is -1.89. The first-order valence-corrected chi connectivity index (χ1v) is 35.6. The second-order valence-electron chi connectivity index (χ2n) is 25.5. The standard InChI is InChI=1S/C28H32ClNO3.C27H30ClNO3.C21H22ClN.C7H11ClO3.Li.H2O/c1-20(18-27(32)33-3)17-26(31)28-23-19-22(29)15-16-24(23)30(2)25(28)14-10-5-4-7-11-21-12-8-6-9-13-21;1-19(17-26(31)32)16-25(30)27-22-18-21(28)14-15-23(22)29(2)24(27)13-9-4-3-6-10-20-11-7-5-8-12-20;1-23-20(16-18-15-19(22)13-14-21(18)23)12-8-3-2-5-9-17-10-6-4-7-11-17;1-5(3-6(8)9)4-7(10)11-2;;/h6,8-10,12-16,19-20H,4-5,7,11,17-18H2,1-3H3;5,7-9,11-15,18-19H,3-4,6,10,16-17H2,1-2H3,(H,31,32);4,6-8,10-16H,2-3,5,9H2,1H3;5H,3-4H2,1-2H3;;1H2/q;;;;+1;/p-1/b14-10+;13-9+;12-8+;;;. The zero-order chi connectivity index (χ0) is 71.8. The number of esters is 2. The van der Waals surface area contributed by atoms with Crippen LogP contribution in [0.15, 0.2) is 170 Å². The maximum absolute atomic E-state index is 13.3. The Kier molecular flexibility index (Phi) is 38.5. The van der Waals surface area contributed by atoms with E-state index in [4.69, 9.17) is 56.2 Å². The second-order valence-corrected chi connectivity index (χ2v) is 27.2. The van der Waals surface area contributed by atoms with Gasteiger partial charge in [0.2, 0.25) is 5.24 Å². The number of methoxy groups -OCH3 is 2. The summed E-state index contributed by atoms with van der Waals surface area (Å²) in [5, 5.41) is 13.5. The third-order valence-corrected chi connectivity index (χ3v) is 18.1. The van der Waals surface area contributed by atoms with Gasteiger partial charge >= 0.3 is 36.8 Å². The Morgan fingerprint density at radius 2 is 0.802 bits per heavy atom. The fourth-order valence-corrected chi connectivity index (χ4v) is 12.8. The normalized spacial score (nSPS) is 12.0. The van der Waals surface area contributed by atoms with Gasteiger partial charge in [-0.1, -0.05) is 165 Å². The molecule has 13 nitrogen and oxygen atoms in total. The molecule has 0 amide bonds. The molecule has 101 heavy (non-hydrogen) atoms. The number of carboxylic acid groups (broad SMARTS) is 1. The van der Waals surface area contributed by atoms with E-state index >= 15 is 0 Å². The number of hydrogen-bond acceptors (Lipinski definition) is 9. The summed E-state index contributed by atoms with van der Waals surface area (Å²) in [7, 11) is 8.71. The molecule has 0 radical (unpaired) electrons. The maximum atomic E-state index is 13.3. The van der Waals surface area contributed by atoms with Gasteiger partial charge in [0, 0.05) is 113 Å². The topological polar surface area (TPSA) is 186 Å². The Morgan fingerprint density at radius 3 is 1.18 bits per heavy atom. The molecule has 9 rings (SSSR count).